The summed E-state index contributed by atoms with van der Waals surface area (Å²) in [5, 5.41) is 4.84. The van der Waals surface area contributed by atoms with Crippen molar-refractivity contribution in [1.82, 2.24) is 5.32 Å². The Hall–Kier alpha value is -1.46. The second-order valence-electron chi connectivity index (χ2n) is 7.39. The van der Waals surface area contributed by atoms with Crippen LogP contribution in [0.4, 0.5) is 5.69 Å². The molecule has 2 aromatic rings. The van der Waals surface area contributed by atoms with Gasteiger partial charge in [-0.05, 0) is 42.8 Å². The number of morpholine rings is 1. The summed E-state index contributed by atoms with van der Waals surface area (Å²) in [5.74, 6) is 1.43. The summed E-state index contributed by atoms with van der Waals surface area (Å²) in [6.07, 6.45) is 1.30. The van der Waals surface area contributed by atoms with Gasteiger partial charge < -0.3 is 19.7 Å². The summed E-state index contributed by atoms with van der Waals surface area (Å²) in [6, 6.07) is 10.2. The van der Waals surface area contributed by atoms with Gasteiger partial charge in [-0.2, -0.15) is 0 Å². The molecule has 0 saturated carbocycles. The lowest BCUT2D eigenvalue weighted by atomic mass is 9.88. The topological polar surface area (TPSA) is 33.7 Å². The molecule has 3 aliphatic heterocycles. The summed E-state index contributed by atoms with van der Waals surface area (Å²) < 4.78 is 12.0. The second-order valence-corrected chi connectivity index (χ2v) is 8.24. The van der Waals surface area contributed by atoms with Crippen molar-refractivity contribution in [2.24, 2.45) is 0 Å². The maximum atomic E-state index is 6.53. The Kier molecular flexibility index (Phi) is 4.68. The zero-order valence-corrected chi connectivity index (χ0v) is 16.5. The van der Waals surface area contributed by atoms with Gasteiger partial charge in [0.1, 0.15) is 11.9 Å². The SMILES string of the molecule is Clc1ccc(-c2cc3c(c(N4CCOCC4)c2)OC2CCNCC32)c(Cl)c1. The van der Waals surface area contributed by atoms with E-state index < -0.39 is 0 Å². The number of rotatable bonds is 2. The maximum Gasteiger partial charge on any atom is 0.146 e. The zero-order valence-electron chi connectivity index (χ0n) is 15.0. The van der Waals surface area contributed by atoms with Crippen molar-refractivity contribution >= 4 is 28.9 Å². The van der Waals surface area contributed by atoms with Gasteiger partial charge in [0.2, 0.25) is 0 Å². The lowest BCUT2D eigenvalue weighted by Gasteiger charge is -2.30. The van der Waals surface area contributed by atoms with Gasteiger partial charge in [-0.15, -0.1) is 0 Å². The van der Waals surface area contributed by atoms with Crippen molar-refractivity contribution in [3.8, 4) is 16.9 Å². The number of piperidine rings is 1. The van der Waals surface area contributed by atoms with Crippen LogP contribution in [0, 0.1) is 0 Å². The second kappa shape index (κ2) is 7.17. The number of fused-ring (bicyclic) bond motifs is 3. The molecule has 0 amide bonds. The number of anilines is 1. The molecule has 142 valence electrons. The molecule has 27 heavy (non-hydrogen) atoms. The van der Waals surface area contributed by atoms with E-state index in [2.05, 4.69) is 22.3 Å². The molecule has 3 aliphatic rings. The first-order chi connectivity index (χ1) is 13.2. The van der Waals surface area contributed by atoms with E-state index in [-0.39, 0.29) is 6.10 Å². The lowest BCUT2D eigenvalue weighted by Crippen LogP contribution is -2.38. The first-order valence-electron chi connectivity index (χ1n) is 9.54. The summed E-state index contributed by atoms with van der Waals surface area (Å²) in [5.41, 5.74) is 4.57. The maximum absolute atomic E-state index is 6.53. The molecule has 2 unspecified atom stereocenters. The van der Waals surface area contributed by atoms with Gasteiger partial charge in [-0.3, -0.25) is 0 Å². The molecule has 0 aromatic heterocycles. The monoisotopic (exact) mass is 404 g/mol. The molecular formula is C21H22Cl2N2O2. The molecule has 2 fully saturated rings. The number of benzene rings is 2. The first-order valence-corrected chi connectivity index (χ1v) is 10.3. The Labute approximate surface area is 169 Å². The van der Waals surface area contributed by atoms with E-state index in [1.807, 2.05) is 18.2 Å². The lowest BCUT2D eigenvalue weighted by molar-refractivity contribution is 0.122. The third-order valence-electron chi connectivity index (χ3n) is 5.78. The van der Waals surface area contributed by atoms with Crippen LogP contribution in [0.5, 0.6) is 5.75 Å². The number of hydrogen-bond acceptors (Lipinski definition) is 4. The highest BCUT2D eigenvalue weighted by molar-refractivity contribution is 6.36. The van der Waals surface area contributed by atoms with Crippen LogP contribution in [0.15, 0.2) is 30.3 Å². The average Bonchev–Trinajstić information content (AvgIpc) is 3.07. The molecule has 2 saturated heterocycles. The molecule has 5 rings (SSSR count). The molecule has 1 N–H and O–H groups in total. The average molecular weight is 405 g/mol. The van der Waals surface area contributed by atoms with Crippen LogP contribution in [-0.4, -0.2) is 45.5 Å². The number of halogens is 2. The fourth-order valence-corrected chi connectivity index (χ4v) is 4.91. The molecule has 2 aromatic carbocycles. The Bertz CT molecular complexity index is 868. The van der Waals surface area contributed by atoms with Gasteiger partial charge >= 0.3 is 0 Å². The van der Waals surface area contributed by atoms with E-state index in [0.29, 0.717) is 16.0 Å². The van der Waals surface area contributed by atoms with Crippen LogP contribution in [0.1, 0.15) is 17.9 Å². The minimum absolute atomic E-state index is 0.261. The predicted octanol–water partition coefficient (Wildman–Crippen LogP) is 4.33. The minimum atomic E-state index is 0.261. The van der Waals surface area contributed by atoms with E-state index in [1.54, 1.807) is 0 Å². The van der Waals surface area contributed by atoms with Gasteiger partial charge in [0.15, 0.2) is 0 Å². The van der Waals surface area contributed by atoms with Crippen molar-refractivity contribution < 1.29 is 9.47 Å². The number of nitrogens with zero attached hydrogens (tertiary/aromatic N) is 1. The Morgan fingerprint density at radius 1 is 1.07 bits per heavy atom. The van der Waals surface area contributed by atoms with Crippen molar-refractivity contribution in [3.05, 3.63) is 45.9 Å². The van der Waals surface area contributed by atoms with Gasteiger partial charge in [0.25, 0.3) is 0 Å². The van der Waals surface area contributed by atoms with Crippen molar-refractivity contribution in [2.75, 3.05) is 44.3 Å². The number of nitrogens with one attached hydrogen (secondary N) is 1. The van der Waals surface area contributed by atoms with Gasteiger partial charge in [-0.1, -0.05) is 29.3 Å². The third kappa shape index (κ3) is 3.19. The molecular weight excluding hydrogens is 383 g/mol. The molecule has 6 heteroatoms. The molecule has 0 spiro atoms. The van der Waals surface area contributed by atoms with Crippen molar-refractivity contribution in [2.45, 2.75) is 18.4 Å². The van der Waals surface area contributed by atoms with Gasteiger partial charge in [0.05, 0.1) is 18.9 Å². The Balaban J connectivity index is 1.64. The highest BCUT2D eigenvalue weighted by atomic mass is 35.5. The van der Waals surface area contributed by atoms with E-state index >= 15 is 0 Å². The number of hydrogen-bond donors (Lipinski definition) is 1. The third-order valence-corrected chi connectivity index (χ3v) is 6.33. The smallest absolute Gasteiger partial charge is 0.146 e. The van der Waals surface area contributed by atoms with Gasteiger partial charge in [0, 0.05) is 46.7 Å². The molecule has 0 aliphatic carbocycles. The highest BCUT2D eigenvalue weighted by Gasteiger charge is 2.39. The molecule has 3 heterocycles. The highest BCUT2D eigenvalue weighted by Crippen LogP contribution is 2.49. The van der Waals surface area contributed by atoms with Crippen LogP contribution < -0.4 is 15.0 Å². The zero-order chi connectivity index (χ0) is 18.4. The Morgan fingerprint density at radius 3 is 2.74 bits per heavy atom. The van der Waals surface area contributed by atoms with Crippen molar-refractivity contribution in [3.63, 3.8) is 0 Å². The summed E-state index contributed by atoms with van der Waals surface area (Å²) in [4.78, 5) is 2.38. The normalized spacial score (nSPS) is 24.3. The van der Waals surface area contributed by atoms with Crippen LogP contribution >= 0.6 is 23.2 Å². The molecule has 2 atom stereocenters. The standard InChI is InChI=1S/C21H22Cl2N2O2/c22-14-1-2-15(18(23)11-14)13-9-16-17-12-24-4-3-20(17)27-21(16)19(10-13)25-5-7-26-8-6-25/h1-2,9-11,17,20,24H,3-8,12H2. The van der Waals surface area contributed by atoms with Crippen LogP contribution in [-0.2, 0) is 4.74 Å². The van der Waals surface area contributed by atoms with Crippen LogP contribution in [0.2, 0.25) is 10.0 Å². The number of ether oxygens (including phenoxy) is 2. The molecule has 4 nitrogen and oxygen atoms in total. The fraction of sp³-hybridized carbons (Fsp3) is 0.429. The molecule has 0 bridgehead atoms. The van der Waals surface area contributed by atoms with Crippen LogP contribution in [0.3, 0.4) is 0 Å². The van der Waals surface area contributed by atoms with Crippen LogP contribution in [0.25, 0.3) is 11.1 Å². The van der Waals surface area contributed by atoms with E-state index in [4.69, 9.17) is 32.7 Å². The van der Waals surface area contributed by atoms with E-state index in [1.165, 1.54) is 5.56 Å². The first kappa shape index (κ1) is 17.6. The summed E-state index contributed by atoms with van der Waals surface area (Å²) in [7, 11) is 0. The van der Waals surface area contributed by atoms with Gasteiger partial charge in [-0.25, -0.2) is 0 Å². The Morgan fingerprint density at radius 2 is 1.93 bits per heavy atom. The summed E-state index contributed by atoms with van der Waals surface area (Å²) >= 11 is 12.6. The molecule has 0 radical (unpaired) electrons. The largest absolute Gasteiger partial charge is 0.487 e. The quantitative estimate of drug-likeness (QED) is 0.806. The predicted molar refractivity (Wildman–Crippen MR) is 110 cm³/mol. The van der Waals surface area contributed by atoms with E-state index in [0.717, 1.165) is 68.4 Å². The minimum Gasteiger partial charge on any atom is -0.487 e. The van der Waals surface area contributed by atoms with E-state index in [9.17, 15) is 0 Å². The fourth-order valence-electron chi connectivity index (χ4n) is 4.39. The van der Waals surface area contributed by atoms with Crippen molar-refractivity contribution in [1.29, 1.82) is 0 Å². The summed E-state index contributed by atoms with van der Waals surface area (Å²) in [6.45, 7) is 5.21.